The molecule has 0 heterocycles. The second-order valence-corrected chi connectivity index (χ2v) is 6.46. The standard InChI is InChI=1S/C22H16F4N2O2/c23-17-9-7-14(8-10-17)11-20(29)27-18-5-1-3-15(12-18)21(30)28-19-6-2-4-16(13-19)22(24,25)26/h1-10,12-13H,11H2,(H,27,29)(H,28,30). The number of hydrogen-bond acceptors (Lipinski definition) is 2. The van der Waals surface area contributed by atoms with Crippen molar-refractivity contribution in [3.05, 3.63) is 95.3 Å². The van der Waals surface area contributed by atoms with Crippen molar-refractivity contribution in [2.75, 3.05) is 10.6 Å². The molecule has 2 amide bonds. The number of halogens is 4. The summed E-state index contributed by atoms with van der Waals surface area (Å²) in [5, 5.41) is 5.04. The molecular formula is C22H16F4N2O2. The number of nitrogens with one attached hydrogen (secondary N) is 2. The number of hydrogen-bond donors (Lipinski definition) is 2. The van der Waals surface area contributed by atoms with Crippen molar-refractivity contribution in [3.8, 4) is 0 Å². The van der Waals surface area contributed by atoms with Gasteiger partial charge in [0.2, 0.25) is 5.91 Å². The highest BCUT2D eigenvalue weighted by molar-refractivity contribution is 6.05. The van der Waals surface area contributed by atoms with E-state index >= 15 is 0 Å². The largest absolute Gasteiger partial charge is 0.416 e. The summed E-state index contributed by atoms with van der Waals surface area (Å²) in [7, 11) is 0. The van der Waals surface area contributed by atoms with Gasteiger partial charge in [-0.3, -0.25) is 9.59 Å². The Morgan fingerprint density at radius 3 is 2.10 bits per heavy atom. The van der Waals surface area contributed by atoms with E-state index in [9.17, 15) is 27.2 Å². The number of anilines is 2. The van der Waals surface area contributed by atoms with Gasteiger partial charge in [0.25, 0.3) is 5.91 Å². The van der Waals surface area contributed by atoms with Crippen molar-refractivity contribution < 1.29 is 27.2 Å². The lowest BCUT2D eigenvalue weighted by Crippen LogP contribution is -2.16. The zero-order valence-corrected chi connectivity index (χ0v) is 15.5. The van der Waals surface area contributed by atoms with Gasteiger partial charge in [0.05, 0.1) is 12.0 Å². The SMILES string of the molecule is O=C(Cc1ccc(F)cc1)Nc1cccc(C(=O)Nc2cccc(C(F)(F)F)c2)c1. The quantitative estimate of drug-likeness (QED) is 0.556. The zero-order chi connectivity index (χ0) is 21.7. The molecule has 0 aliphatic heterocycles. The Kier molecular flexibility index (Phi) is 6.15. The summed E-state index contributed by atoms with van der Waals surface area (Å²) in [5.74, 6) is -1.39. The number of benzene rings is 3. The van der Waals surface area contributed by atoms with Gasteiger partial charge in [-0.2, -0.15) is 13.2 Å². The molecule has 0 atom stereocenters. The van der Waals surface area contributed by atoms with Crippen LogP contribution in [-0.2, 0) is 17.4 Å². The van der Waals surface area contributed by atoms with Gasteiger partial charge in [-0.15, -0.1) is 0 Å². The van der Waals surface area contributed by atoms with E-state index in [1.165, 1.54) is 54.6 Å². The lowest BCUT2D eigenvalue weighted by molar-refractivity contribution is -0.137. The minimum Gasteiger partial charge on any atom is -0.326 e. The molecule has 154 valence electrons. The van der Waals surface area contributed by atoms with Gasteiger partial charge in [-0.05, 0) is 54.1 Å². The van der Waals surface area contributed by atoms with E-state index in [0.29, 0.717) is 11.3 Å². The summed E-state index contributed by atoms with van der Waals surface area (Å²) >= 11 is 0. The van der Waals surface area contributed by atoms with Gasteiger partial charge < -0.3 is 10.6 Å². The van der Waals surface area contributed by atoms with E-state index in [2.05, 4.69) is 10.6 Å². The predicted molar refractivity (Wildman–Crippen MR) is 105 cm³/mol. The van der Waals surface area contributed by atoms with Gasteiger partial charge in [0.15, 0.2) is 0 Å². The molecule has 0 saturated heterocycles. The molecule has 3 aromatic rings. The van der Waals surface area contributed by atoms with Crippen LogP contribution in [0.2, 0.25) is 0 Å². The summed E-state index contributed by atoms with van der Waals surface area (Å²) in [5.41, 5.74) is 0.251. The minimum atomic E-state index is -4.52. The smallest absolute Gasteiger partial charge is 0.326 e. The average Bonchev–Trinajstić information content (AvgIpc) is 2.69. The van der Waals surface area contributed by atoms with Crippen molar-refractivity contribution in [3.63, 3.8) is 0 Å². The molecule has 0 aliphatic carbocycles. The maximum absolute atomic E-state index is 12.9. The van der Waals surface area contributed by atoms with Gasteiger partial charge in [-0.1, -0.05) is 24.3 Å². The van der Waals surface area contributed by atoms with Crippen molar-refractivity contribution in [1.29, 1.82) is 0 Å². The van der Waals surface area contributed by atoms with E-state index in [1.54, 1.807) is 6.07 Å². The van der Waals surface area contributed by atoms with E-state index < -0.39 is 23.5 Å². The molecule has 0 aromatic heterocycles. The van der Waals surface area contributed by atoms with E-state index in [1.807, 2.05) is 0 Å². The van der Waals surface area contributed by atoms with Crippen LogP contribution in [0.5, 0.6) is 0 Å². The number of carbonyl (C=O) groups excluding carboxylic acids is 2. The minimum absolute atomic E-state index is 0.000531. The summed E-state index contributed by atoms with van der Waals surface area (Å²) in [6.45, 7) is 0. The lowest BCUT2D eigenvalue weighted by Gasteiger charge is -2.11. The Hall–Kier alpha value is -3.68. The van der Waals surface area contributed by atoms with Crippen molar-refractivity contribution in [2.24, 2.45) is 0 Å². The van der Waals surface area contributed by atoms with Crippen molar-refractivity contribution in [1.82, 2.24) is 0 Å². The third-order valence-corrected chi connectivity index (χ3v) is 4.13. The zero-order valence-electron chi connectivity index (χ0n) is 15.5. The summed E-state index contributed by atoms with van der Waals surface area (Å²) in [6.07, 6.45) is -4.50. The molecule has 0 fully saturated rings. The molecule has 0 unspecified atom stereocenters. The third-order valence-electron chi connectivity index (χ3n) is 4.13. The van der Waals surface area contributed by atoms with Gasteiger partial charge >= 0.3 is 6.18 Å². The molecule has 0 aliphatic rings. The molecule has 4 nitrogen and oxygen atoms in total. The Balaban J connectivity index is 1.66. The van der Waals surface area contributed by atoms with Crippen LogP contribution in [0.1, 0.15) is 21.5 Å². The maximum atomic E-state index is 12.9. The second-order valence-electron chi connectivity index (χ2n) is 6.46. The Bertz CT molecular complexity index is 1060. The van der Waals surface area contributed by atoms with E-state index in [-0.39, 0.29) is 23.6 Å². The lowest BCUT2D eigenvalue weighted by atomic mass is 10.1. The molecule has 0 saturated carbocycles. The second kappa shape index (κ2) is 8.77. The number of carbonyl (C=O) groups is 2. The first-order valence-electron chi connectivity index (χ1n) is 8.84. The fraction of sp³-hybridized carbons (Fsp3) is 0.0909. The molecular weight excluding hydrogens is 400 g/mol. The normalized spacial score (nSPS) is 11.1. The molecule has 8 heteroatoms. The topological polar surface area (TPSA) is 58.2 Å². The third kappa shape index (κ3) is 5.66. The summed E-state index contributed by atoms with van der Waals surface area (Å²) in [6, 6.07) is 15.8. The van der Waals surface area contributed by atoms with Crippen LogP contribution in [0.15, 0.2) is 72.8 Å². The fourth-order valence-electron chi connectivity index (χ4n) is 2.71. The van der Waals surface area contributed by atoms with Gasteiger partial charge in [-0.25, -0.2) is 4.39 Å². The average molecular weight is 416 g/mol. The highest BCUT2D eigenvalue weighted by atomic mass is 19.4. The first-order chi connectivity index (χ1) is 14.2. The van der Waals surface area contributed by atoms with E-state index in [4.69, 9.17) is 0 Å². The molecule has 0 spiro atoms. The number of rotatable bonds is 5. The Morgan fingerprint density at radius 2 is 1.43 bits per heavy atom. The Morgan fingerprint density at radius 1 is 0.800 bits per heavy atom. The predicted octanol–water partition coefficient (Wildman–Crippen LogP) is 5.28. The van der Waals surface area contributed by atoms with Crippen LogP contribution in [0.25, 0.3) is 0 Å². The van der Waals surface area contributed by atoms with Crippen LogP contribution < -0.4 is 10.6 Å². The number of amides is 2. The maximum Gasteiger partial charge on any atom is 0.416 e. The Labute approximate surface area is 169 Å². The molecule has 0 bridgehead atoms. The highest BCUT2D eigenvalue weighted by Gasteiger charge is 2.30. The molecule has 0 radical (unpaired) electrons. The summed E-state index contributed by atoms with van der Waals surface area (Å²) < 4.78 is 51.4. The first kappa shape index (κ1) is 21.0. The van der Waals surface area contributed by atoms with Crippen molar-refractivity contribution >= 4 is 23.2 Å². The first-order valence-corrected chi connectivity index (χ1v) is 8.84. The van der Waals surface area contributed by atoms with Crippen LogP contribution >= 0.6 is 0 Å². The van der Waals surface area contributed by atoms with Gasteiger partial charge in [0.1, 0.15) is 5.82 Å². The van der Waals surface area contributed by atoms with E-state index in [0.717, 1.165) is 12.1 Å². The van der Waals surface area contributed by atoms with Crippen LogP contribution in [0, 0.1) is 5.82 Å². The summed E-state index contributed by atoms with van der Waals surface area (Å²) in [4.78, 5) is 24.6. The van der Waals surface area contributed by atoms with Crippen LogP contribution in [-0.4, -0.2) is 11.8 Å². The molecule has 30 heavy (non-hydrogen) atoms. The van der Waals surface area contributed by atoms with Crippen molar-refractivity contribution in [2.45, 2.75) is 12.6 Å². The molecule has 2 N–H and O–H groups in total. The monoisotopic (exact) mass is 416 g/mol. The molecule has 3 rings (SSSR count). The van der Waals surface area contributed by atoms with Gasteiger partial charge in [0, 0.05) is 16.9 Å². The molecule has 3 aromatic carbocycles. The highest BCUT2D eigenvalue weighted by Crippen LogP contribution is 2.30. The van der Waals surface area contributed by atoms with Crippen LogP contribution in [0.3, 0.4) is 0 Å². The number of alkyl halides is 3. The van der Waals surface area contributed by atoms with Crippen LogP contribution in [0.4, 0.5) is 28.9 Å². The fourth-order valence-corrected chi connectivity index (χ4v) is 2.71.